The van der Waals surface area contributed by atoms with Gasteiger partial charge in [0.25, 0.3) is 0 Å². The molecule has 0 N–H and O–H groups in total. The minimum Gasteiger partial charge on any atom is -0.192 e. The highest BCUT2D eigenvalue weighted by Crippen LogP contribution is 2.36. The lowest BCUT2D eigenvalue weighted by molar-refractivity contribution is 0.389. The van der Waals surface area contributed by atoms with Crippen molar-refractivity contribution in [2.75, 3.05) is 0 Å². The fraction of sp³-hybridized carbons (Fsp3) is 0.533. The highest BCUT2D eigenvalue weighted by Gasteiger charge is 2.24. The fourth-order valence-electron chi connectivity index (χ4n) is 2.88. The van der Waals surface area contributed by atoms with Crippen molar-refractivity contribution in [1.29, 1.82) is 5.26 Å². The molecule has 1 nitrogen and oxygen atoms in total. The Morgan fingerprint density at radius 3 is 2.69 bits per heavy atom. The molecule has 1 heteroatoms. The molecule has 3 atom stereocenters. The molecule has 84 valence electrons. The highest BCUT2D eigenvalue weighted by atomic mass is 14.3. The monoisotopic (exact) mass is 213 g/mol. The van der Waals surface area contributed by atoms with Gasteiger partial charge in [-0.3, -0.25) is 0 Å². The Hall–Kier alpha value is -1.29. The molecule has 0 fully saturated rings. The van der Waals surface area contributed by atoms with Gasteiger partial charge in [0.1, 0.15) is 0 Å². The maximum absolute atomic E-state index is 8.96. The second-order valence-electron chi connectivity index (χ2n) is 5.34. The molecular formula is C15H19N. The van der Waals surface area contributed by atoms with E-state index in [1.54, 1.807) is 0 Å². The first-order valence-corrected chi connectivity index (χ1v) is 6.14. The molecule has 0 radical (unpaired) electrons. The molecule has 1 aromatic carbocycles. The van der Waals surface area contributed by atoms with Crippen molar-refractivity contribution in [3.63, 3.8) is 0 Å². The van der Waals surface area contributed by atoms with Crippen molar-refractivity contribution in [2.45, 2.75) is 39.5 Å². The average Bonchev–Trinajstić information content (AvgIpc) is 2.37. The molecule has 0 amide bonds. The third-order valence-corrected chi connectivity index (χ3v) is 3.96. The average molecular weight is 213 g/mol. The van der Waals surface area contributed by atoms with Crippen molar-refractivity contribution in [3.8, 4) is 6.07 Å². The van der Waals surface area contributed by atoms with E-state index >= 15 is 0 Å². The third kappa shape index (κ3) is 1.97. The van der Waals surface area contributed by atoms with Crippen molar-refractivity contribution < 1.29 is 0 Å². The Labute approximate surface area is 98.1 Å². The minimum absolute atomic E-state index is 0.577. The Bertz CT molecular complexity index is 428. The third-order valence-electron chi connectivity index (χ3n) is 3.96. The number of nitriles is 1. The number of hydrogen-bond acceptors (Lipinski definition) is 1. The summed E-state index contributed by atoms with van der Waals surface area (Å²) in [5, 5.41) is 8.96. The summed E-state index contributed by atoms with van der Waals surface area (Å²) in [7, 11) is 0. The van der Waals surface area contributed by atoms with Gasteiger partial charge in [-0.1, -0.05) is 26.8 Å². The lowest BCUT2D eigenvalue weighted by Gasteiger charge is -2.19. The van der Waals surface area contributed by atoms with E-state index in [1.807, 2.05) is 6.07 Å². The highest BCUT2D eigenvalue weighted by molar-refractivity contribution is 5.40. The standard InChI is InChI=1S/C15H19N/c1-10-6-11(2)12(3)15-8-13(9-16)4-5-14(15)7-10/h4-5,8,10-12H,6-7H2,1-3H3. The zero-order chi connectivity index (χ0) is 11.7. The summed E-state index contributed by atoms with van der Waals surface area (Å²) in [5.41, 5.74) is 3.65. The lowest BCUT2D eigenvalue weighted by Crippen LogP contribution is -2.07. The van der Waals surface area contributed by atoms with Crippen LogP contribution < -0.4 is 0 Å². The van der Waals surface area contributed by atoms with Crippen LogP contribution in [0, 0.1) is 23.2 Å². The Balaban J connectivity index is 2.48. The second-order valence-corrected chi connectivity index (χ2v) is 5.34. The molecular weight excluding hydrogens is 194 g/mol. The molecule has 0 saturated carbocycles. The Morgan fingerprint density at radius 1 is 1.25 bits per heavy atom. The number of benzene rings is 1. The van der Waals surface area contributed by atoms with Crippen molar-refractivity contribution in [3.05, 3.63) is 34.9 Å². The summed E-state index contributed by atoms with van der Waals surface area (Å²) < 4.78 is 0. The van der Waals surface area contributed by atoms with Gasteiger partial charge in [0.15, 0.2) is 0 Å². The quantitative estimate of drug-likeness (QED) is 0.600. The predicted molar refractivity (Wildman–Crippen MR) is 66.2 cm³/mol. The van der Waals surface area contributed by atoms with Gasteiger partial charge < -0.3 is 0 Å². The molecule has 1 aliphatic rings. The normalized spacial score (nSPS) is 29.0. The fourth-order valence-corrected chi connectivity index (χ4v) is 2.88. The second kappa shape index (κ2) is 4.29. The molecule has 0 saturated heterocycles. The van der Waals surface area contributed by atoms with Crippen molar-refractivity contribution in [1.82, 2.24) is 0 Å². The lowest BCUT2D eigenvalue weighted by atomic mass is 9.85. The Morgan fingerprint density at radius 2 is 2.00 bits per heavy atom. The van der Waals surface area contributed by atoms with Gasteiger partial charge in [-0.15, -0.1) is 0 Å². The van der Waals surface area contributed by atoms with Crippen molar-refractivity contribution >= 4 is 0 Å². The summed E-state index contributed by atoms with van der Waals surface area (Å²) in [4.78, 5) is 0. The van der Waals surface area contributed by atoms with Crippen LogP contribution in [0.15, 0.2) is 18.2 Å². The smallest absolute Gasteiger partial charge is 0.0991 e. The van der Waals surface area contributed by atoms with Crippen LogP contribution in [0.5, 0.6) is 0 Å². The van der Waals surface area contributed by atoms with Crippen LogP contribution in [-0.4, -0.2) is 0 Å². The van der Waals surface area contributed by atoms with E-state index in [2.05, 4.69) is 39.0 Å². The first-order valence-electron chi connectivity index (χ1n) is 6.14. The molecule has 0 bridgehead atoms. The minimum atomic E-state index is 0.577. The number of nitrogens with zero attached hydrogens (tertiary/aromatic N) is 1. The topological polar surface area (TPSA) is 23.8 Å². The summed E-state index contributed by atoms with van der Waals surface area (Å²) in [5.74, 6) is 2.05. The molecule has 1 aliphatic carbocycles. The molecule has 0 heterocycles. The zero-order valence-electron chi connectivity index (χ0n) is 10.3. The van der Waals surface area contributed by atoms with Crippen LogP contribution in [0.1, 0.15) is 49.8 Å². The van der Waals surface area contributed by atoms with Gasteiger partial charge in [0.05, 0.1) is 11.6 Å². The zero-order valence-corrected chi connectivity index (χ0v) is 10.3. The summed E-state index contributed by atoms with van der Waals surface area (Å²) in [6.45, 7) is 6.95. The SMILES string of the molecule is CC1Cc2ccc(C#N)cc2C(C)C(C)C1. The van der Waals surface area contributed by atoms with Crippen LogP contribution >= 0.6 is 0 Å². The van der Waals surface area contributed by atoms with Gasteiger partial charge >= 0.3 is 0 Å². The van der Waals surface area contributed by atoms with Gasteiger partial charge in [-0.25, -0.2) is 0 Å². The summed E-state index contributed by atoms with van der Waals surface area (Å²) >= 11 is 0. The van der Waals surface area contributed by atoms with Gasteiger partial charge in [0, 0.05) is 0 Å². The number of fused-ring (bicyclic) bond motifs is 1. The van der Waals surface area contributed by atoms with E-state index in [0.717, 1.165) is 17.9 Å². The molecule has 0 aromatic heterocycles. The van der Waals surface area contributed by atoms with Crippen LogP contribution in [0.4, 0.5) is 0 Å². The van der Waals surface area contributed by atoms with E-state index in [0.29, 0.717) is 11.8 Å². The van der Waals surface area contributed by atoms with Gasteiger partial charge in [0.2, 0.25) is 0 Å². The molecule has 1 aromatic rings. The first kappa shape index (κ1) is 11.2. The van der Waals surface area contributed by atoms with E-state index < -0.39 is 0 Å². The van der Waals surface area contributed by atoms with E-state index in [4.69, 9.17) is 5.26 Å². The van der Waals surface area contributed by atoms with Gasteiger partial charge in [-0.05, 0) is 53.9 Å². The first-order chi connectivity index (χ1) is 7.61. The van der Waals surface area contributed by atoms with Crippen molar-refractivity contribution in [2.24, 2.45) is 11.8 Å². The van der Waals surface area contributed by atoms with Gasteiger partial charge in [-0.2, -0.15) is 5.26 Å². The summed E-state index contributed by atoms with van der Waals surface area (Å²) in [6, 6.07) is 8.44. The molecule has 2 rings (SSSR count). The molecule has 0 aliphatic heterocycles. The molecule has 16 heavy (non-hydrogen) atoms. The van der Waals surface area contributed by atoms with Crippen LogP contribution in [0.3, 0.4) is 0 Å². The summed E-state index contributed by atoms with van der Waals surface area (Å²) in [6.07, 6.45) is 2.45. The predicted octanol–water partition coefficient (Wildman–Crippen LogP) is 3.88. The van der Waals surface area contributed by atoms with Crippen LogP contribution in [0.25, 0.3) is 0 Å². The van der Waals surface area contributed by atoms with E-state index in [9.17, 15) is 0 Å². The number of hydrogen-bond donors (Lipinski definition) is 0. The van der Waals surface area contributed by atoms with Crippen LogP contribution in [0.2, 0.25) is 0 Å². The Kier molecular flexibility index (Phi) is 3.01. The number of rotatable bonds is 0. The van der Waals surface area contributed by atoms with E-state index in [1.165, 1.54) is 17.5 Å². The molecule has 0 spiro atoms. The van der Waals surface area contributed by atoms with E-state index in [-0.39, 0.29) is 0 Å². The maximum atomic E-state index is 8.96. The molecule has 3 unspecified atom stereocenters. The largest absolute Gasteiger partial charge is 0.192 e. The van der Waals surface area contributed by atoms with Crippen LogP contribution in [-0.2, 0) is 6.42 Å². The maximum Gasteiger partial charge on any atom is 0.0991 e.